The summed E-state index contributed by atoms with van der Waals surface area (Å²) in [4.78, 5) is 14.5. The molecule has 3 rings (SSSR count). The van der Waals surface area contributed by atoms with E-state index in [2.05, 4.69) is 16.3 Å². The van der Waals surface area contributed by atoms with E-state index in [1.807, 2.05) is 51.1 Å². The van der Waals surface area contributed by atoms with Crippen LogP contribution in [-0.2, 0) is 9.53 Å². The Morgan fingerprint density at radius 1 is 1.12 bits per heavy atom. The molecule has 0 saturated carbocycles. The second kappa shape index (κ2) is 8.23. The van der Waals surface area contributed by atoms with Crippen molar-refractivity contribution in [3.8, 4) is 5.75 Å². The summed E-state index contributed by atoms with van der Waals surface area (Å²) < 4.78 is 11.1. The average molecular weight is 354 g/mol. The van der Waals surface area contributed by atoms with Gasteiger partial charge >= 0.3 is 0 Å². The van der Waals surface area contributed by atoms with Gasteiger partial charge in [-0.25, -0.2) is 0 Å². The van der Waals surface area contributed by atoms with Gasteiger partial charge in [0.1, 0.15) is 5.75 Å². The maximum atomic E-state index is 12.2. The molecule has 0 spiro atoms. The van der Waals surface area contributed by atoms with Crippen LogP contribution in [-0.4, -0.2) is 38.8 Å². The Morgan fingerprint density at radius 3 is 2.50 bits per heavy atom. The molecule has 2 aromatic carbocycles. The summed E-state index contributed by atoms with van der Waals surface area (Å²) in [6.45, 7) is 9.38. The van der Waals surface area contributed by atoms with E-state index in [1.54, 1.807) is 0 Å². The third kappa shape index (κ3) is 4.55. The average Bonchev–Trinajstić information content (AvgIpc) is 2.65. The van der Waals surface area contributed by atoms with E-state index >= 15 is 0 Å². The summed E-state index contributed by atoms with van der Waals surface area (Å²) in [5.41, 5.74) is 5.28. The molecule has 0 aromatic heterocycles. The van der Waals surface area contributed by atoms with Crippen molar-refractivity contribution in [3.05, 3.63) is 53.1 Å². The van der Waals surface area contributed by atoms with Gasteiger partial charge in [-0.15, -0.1) is 0 Å². The molecular weight excluding hydrogens is 328 g/mol. The van der Waals surface area contributed by atoms with Crippen LogP contribution in [0, 0.1) is 20.8 Å². The fraction of sp³-hybridized carbons (Fsp3) is 0.381. The Hall–Kier alpha value is -2.53. The smallest absolute Gasteiger partial charge is 0.262 e. The molecule has 0 bridgehead atoms. The first kappa shape index (κ1) is 18.3. The molecule has 1 aliphatic rings. The predicted octanol–water partition coefficient (Wildman–Crippen LogP) is 3.47. The van der Waals surface area contributed by atoms with E-state index in [9.17, 15) is 4.79 Å². The lowest BCUT2D eigenvalue weighted by molar-refractivity contribution is -0.118. The van der Waals surface area contributed by atoms with Crippen LogP contribution in [0.4, 0.5) is 11.4 Å². The number of morpholine rings is 1. The van der Waals surface area contributed by atoms with Crippen LogP contribution in [0.1, 0.15) is 16.7 Å². The molecule has 0 atom stereocenters. The Balaban J connectivity index is 1.55. The number of rotatable bonds is 5. The highest BCUT2D eigenvalue weighted by Gasteiger charge is 2.12. The van der Waals surface area contributed by atoms with E-state index in [-0.39, 0.29) is 12.5 Å². The zero-order valence-electron chi connectivity index (χ0n) is 15.7. The van der Waals surface area contributed by atoms with Crippen molar-refractivity contribution in [2.24, 2.45) is 0 Å². The van der Waals surface area contributed by atoms with Crippen LogP contribution in [0.2, 0.25) is 0 Å². The number of hydrogen-bond donors (Lipinski definition) is 1. The molecule has 0 aliphatic carbocycles. The molecule has 1 N–H and O–H groups in total. The number of hydrogen-bond acceptors (Lipinski definition) is 4. The summed E-state index contributed by atoms with van der Waals surface area (Å²) in [6.07, 6.45) is 0. The Kier molecular flexibility index (Phi) is 5.78. The second-order valence-corrected chi connectivity index (χ2v) is 6.69. The van der Waals surface area contributed by atoms with Crippen LogP contribution >= 0.6 is 0 Å². The number of ether oxygens (including phenoxy) is 2. The molecular formula is C21H26N2O3. The summed E-state index contributed by atoms with van der Waals surface area (Å²) in [7, 11) is 0. The molecule has 0 radical (unpaired) electrons. The molecule has 1 aliphatic heterocycles. The first-order chi connectivity index (χ1) is 12.5. The number of nitrogens with one attached hydrogen (secondary N) is 1. The summed E-state index contributed by atoms with van der Waals surface area (Å²) in [6, 6.07) is 12.0. The van der Waals surface area contributed by atoms with Crippen LogP contribution in [0.3, 0.4) is 0 Å². The van der Waals surface area contributed by atoms with Gasteiger partial charge in [-0.3, -0.25) is 4.79 Å². The molecule has 1 heterocycles. The van der Waals surface area contributed by atoms with Gasteiger partial charge in [-0.05, 0) is 67.8 Å². The highest BCUT2D eigenvalue weighted by atomic mass is 16.5. The van der Waals surface area contributed by atoms with Gasteiger partial charge in [0.05, 0.1) is 13.2 Å². The number of aryl methyl sites for hydroxylation is 2. The maximum absolute atomic E-state index is 12.2. The van der Waals surface area contributed by atoms with E-state index in [1.165, 1.54) is 5.56 Å². The normalized spacial score (nSPS) is 14.2. The third-order valence-corrected chi connectivity index (χ3v) is 4.65. The van der Waals surface area contributed by atoms with Crippen LogP contribution in [0.15, 0.2) is 36.4 Å². The summed E-state index contributed by atoms with van der Waals surface area (Å²) in [5.74, 6) is 0.600. The molecule has 2 aromatic rings. The van der Waals surface area contributed by atoms with Crippen LogP contribution in [0.5, 0.6) is 5.75 Å². The molecule has 5 heteroatoms. The monoisotopic (exact) mass is 354 g/mol. The Labute approximate surface area is 154 Å². The Morgan fingerprint density at radius 2 is 1.81 bits per heavy atom. The zero-order valence-corrected chi connectivity index (χ0v) is 15.7. The number of amides is 1. The minimum Gasteiger partial charge on any atom is -0.483 e. The quantitative estimate of drug-likeness (QED) is 0.893. The van der Waals surface area contributed by atoms with Gasteiger partial charge < -0.3 is 19.7 Å². The summed E-state index contributed by atoms with van der Waals surface area (Å²) in [5, 5.41) is 2.88. The second-order valence-electron chi connectivity index (χ2n) is 6.69. The SMILES string of the molecule is Cc1cc(C)c(C)c(OCC(=O)Nc2ccc(N3CCOCC3)cc2)c1. The largest absolute Gasteiger partial charge is 0.483 e. The molecule has 1 saturated heterocycles. The summed E-state index contributed by atoms with van der Waals surface area (Å²) >= 11 is 0. The van der Waals surface area contributed by atoms with Gasteiger partial charge in [0.25, 0.3) is 5.91 Å². The van der Waals surface area contributed by atoms with Crippen molar-refractivity contribution in [2.45, 2.75) is 20.8 Å². The minimum atomic E-state index is -0.164. The van der Waals surface area contributed by atoms with Gasteiger partial charge in [0, 0.05) is 24.5 Å². The first-order valence-corrected chi connectivity index (χ1v) is 8.96. The topological polar surface area (TPSA) is 50.8 Å². The van der Waals surface area contributed by atoms with Crippen LogP contribution < -0.4 is 15.0 Å². The molecule has 138 valence electrons. The number of carbonyl (C=O) groups is 1. The van der Waals surface area contributed by atoms with Crippen molar-refractivity contribution in [1.82, 2.24) is 0 Å². The van der Waals surface area contributed by atoms with Crippen molar-refractivity contribution in [1.29, 1.82) is 0 Å². The molecule has 1 amide bonds. The van der Waals surface area contributed by atoms with E-state index in [4.69, 9.17) is 9.47 Å². The Bertz CT molecular complexity index is 766. The highest BCUT2D eigenvalue weighted by molar-refractivity contribution is 5.92. The molecule has 5 nitrogen and oxygen atoms in total. The van der Waals surface area contributed by atoms with E-state index < -0.39 is 0 Å². The fourth-order valence-electron chi connectivity index (χ4n) is 3.07. The lowest BCUT2D eigenvalue weighted by Gasteiger charge is -2.28. The number of carbonyl (C=O) groups excluding carboxylic acids is 1. The van der Waals surface area contributed by atoms with Crippen LogP contribution in [0.25, 0.3) is 0 Å². The number of anilines is 2. The maximum Gasteiger partial charge on any atom is 0.262 e. The highest BCUT2D eigenvalue weighted by Crippen LogP contribution is 2.23. The third-order valence-electron chi connectivity index (χ3n) is 4.65. The van der Waals surface area contributed by atoms with Gasteiger partial charge in [-0.1, -0.05) is 6.07 Å². The number of nitrogens with zero attached hydrogens (tertiary/aromatic N) is 1. The van der Waals surface area contributed by atoms with Gasteiger partial charge in [0.15, 0.2) is 6.61 Å². The van der Waals surface area contributed by atoms with Crippen molar-refractivity contribution < 1.29 is 14.3 Å². The lowest BCUT2D eigenvalue weighted by Crippen LogP contribution is -2.36. The first-order valence-electron chi connectivity index (χ1n) is 8.96. The fourth-order valence-corrected chi connectivity index (χ4v) is 3.07. The zero-order chi connectivity index (χ0) is 18.5. The van der Waals surface area contributed by atoms with Crippen molar-refractivity contribution >= 4 is 17.3 Å². The van der Waals surface area contributed by atoms with Gasteiger partial charge in [0.2, 0.25) is 0 Å². The van der Waals surface area contributed by atoms with Gasteiger partial charge in [-0.2, -0.15) is 0 Å². The minimum absolute atomic E-state index is 0.00501. The van der Waals surface area contributed by atoms with Crippen molar-refractivity contribution in [2.75, 3.05) is 43.1 Å². The molecule has 1 fully saturated rings. The standard InChI is InChI=1S/C21H26N2O3/c1-15-12-16(2)17(3)20(13-15)26-14-21(24)22-18-4-6-19(7-5-18)23-8-10-25-11-9-23/h4-7,12-13H,8-11,14H2,1-3H3,(H,22,24). The molecule has 26 heavy (non-hydrogen) atoms. The molecule has 0 unspecified atom stereocenters. The number of benzene rings is 2. The van der Waals surface area contributed by atoms with Crippen molar-refractivity contribution in [3.63, 3.8) is 0 Å². The van der Waals surface area contributed by atoms with E-state index in [0.29, 0.717) is 0 Å². The lowest BCUT2D eigenvalue weighted by atomic mass is 10.1. The predicted molar refractivity (Wildman–Crippen MR) is 104 cm³/mol. The van der Waals surface area contributed by atoms with E-state index in [0.717, 1.165) is 54.6 Å².